The van der Waals surface area contributed by atoms with Crippen LogP contribution in [0.25, 0.3) is 0 Å². The van der Waals surface area contributed by atoms with Crippen molar-refractivity contribution in [2.45, 2.75) is 52.7 Å². The summed E-state index contributed by atoms with van der Waals surface area (Å²) >= 11 is 0. The summed E-state index contributed by atoms with van der Waals surface area (Å²) in [6.45, 7) is 9.84. The fourth-order valence-corrected chi connectivity index (χ4v) is 5.09. The quantitative estimate of drug-likeness (QED) is 0.370. The third-order valence-electron chi connectivity index (χ3n) is 6.05. The first-order valence-electron chi connectivity index (χ1n) is 9.79. The molecule has 0 unspecified atom stereocenters. The molecule has 0 aromatic heterocycles. The molecule has 3 aliphatic carbocycles. The summed E-state index contributed by atoms with van der Waals surface area (Å²) in [5.74, 6) is -7.87. The second kappa shape index (κ2) is 6.28. The zero-order valence-corrected chi connectivity index (χ0v) is 18.5. The van der Waals surface area contributed by atoms with Gasteiger partial charge in [-0.1, -0.05) is 0 Å². The van der Waals surface area contributed by atoms with Crippen molar-refractivity contribution in [3.05, 3.63) is 0 Å². The van der Waals surface area contributed by atoms with E-state index < -0.39 is 75.4 Å². The maximum Gasteiger partial charge on any atom is 0.325 e. The lowest BCUT2D eigenvalue weighted by atomic mass is 9.94. The molecule has 0 aromatic carbocycles. The average molecular weight is 424 g/mol. The zero-order chi connectivity index (χ0) is 23.0. The predicted octanol–water partition coefficient (Wildman–Crippen LogP) is 1.06. The van der Waals surface area contributed by atoms with Crippen molar-refractivity contribution in [3.63, 3.8) is 0 Å². The number of methoxy groups -OCH3 is 2. The van der Waals surface area contributed by atoms with Crippen molar-refractivity contribution < 1.29 is 42.9 Å². The molecule has 9 heteroatoms. The van der Waals surface area contributed by atoms with E-state index in [0.29, 0.717) is 0 Å². The molecule has 3 rings (SSSR count). The monoisotopic (exact) mass is 424 g/mol. The fraction of sp³-hybridized carbons (Fsp3) is 0.762. The molecule has 4 atom stereocenters. The third kappa shape index (κ3) is 2.70. The lowest BCUT2D eigenvalue weighted by molar-refractivity contribution is -0.180. The van der Waals surface area contributed by atoms with E-state index in [-0.39, 0.29) is 0 Å². The Labute approximate surface area is 174 Å². The van der Waals surface area contributed by atoms with Crippen LogP contribution < -0.4 is 0 Å². The maximum atomic E-state index is 13.2. The number of Topliss-reactive ketones (excluding diaryl/α,β-unsaturated/α-hetero) is 1. The highest BCUT2D eigenvalue weighted by molar-refractivity contribution is 6.20. The van der Waals surface area contributed by atoms with Gasteiger partial charge in [0.1, 0.15) is 17.0 Å². The number of carbonyl (C=O) groups is 5. The largest absolute Gasteiger partial charge is 0.468 e. The molecule has 3 fully saturated rings. The van der Waals surface area contributed by atoms with Crippen LogP contribution >= 0.6 is 0 Å². The number of carbonyl (C=O) groups excluding carboxylic acids is 5. The summed E-state index contributed by atoms with van der Waals surface area (Å²) in [7, 11) is 2.20. The first-order valence-corrected chi connectivity index (χ1v) is 9.79. The topological polar surface area (TPSA) is 122 Å². The summed E-state index contributed by atoms with van der Waals surface area (Å²) in [6.07, 6.45) is 0. The van der Waals surface area contributed by atoms with Crippen molar-refractivity contribution in [2.24, 2.45) is 34.5 Å². The van der Waals surface area contributed by atoms with Gasteiger partial charge < -0.3 is 18.9 Å². The van der Waals surface area contributed by atoms with Crippen molar-refractivity contribution in [1.29, 1.82) is 0 Å². The fourth-order valence-electron chi connectivity index (χ4n) is 5.09. The molecule has 166 valence electrons. The SMILES string of the molecule is COC(=O)C1(C(=O)OC)[C@@H]2[C@H]3[C@@H](C(=O)[C@H]21)C3(C(=O)OC(C)(C)C)C(=O)OC(C)(C)C. The molecule has 0 spiro atoms. The number of hydrogen-bond donors (Lipinski definition) is 0. The first kappa shape index (κ1) is 22.2. The Morgan fingerprint density at radius 3 is 1.23 bits per heavy atom. The van der Waals surface area contributed by atoms with Crippen LogP contribution in [-0.2, 0) is 42.9 Å². The van der Waals surface area contributed by atoms with E-state index in [9.17, 15) is 24.0 Å². The van der Waals surface area contributed by atoms with Gasteiger partial charge in [-0.3, -0.25) is 24.0 Å². The van der Waals surface area contributed by atoms with E-state index in [2.05, 4.69) is 0 Å². The third-order valence-corrected chi connectivity index (χ3v) is 6.05. The lowest BCUT2D eigenvalue weighted by Crippen LogP contribution is -2.42. The second-order valence-corrected chi connectivity index (χ2v) is 10.1. The normalized spacial score (nSPS) is 29.8. The number of ether oxygens (including phenoxy) is 4. The maximum absolute atomic E-state index is 13.2. The highest BCUT2D eigenvalue weighted by Crippen LogP contribution is 2.84. The number of esters is 4. The van der Waals surface area contributed by atoms with Gasteiger partial charge in [-0.15, -0.1) is 0 Å². The van der Waals surface area contributed by atoms with Crippen molar-refractivity contribution >= 4 is 29.7 Å². The Hall–Kier alpha value is -2.45. The van der Waals surface area contributed by atoms with Crippen LogP contribution in [0.4, 0.5) is 0 Å². The van der Waals surface area contributed by atoms with Gasteiger partial charge in [0.05, 0.1) is 26.1 Å². The van der Waals surface area contributed by atoms with E-state index in [4.69, 9.17) is 18.9 Å². The Kier molecular flexibility index (Phi) is 4.65. The molecule has 0 saturated heterocycles. The van der Waals surface area contributed by atoms with Crippen molar-refractivity contribution in [3.8, 4) is 0 Å². The Balaban J connectivity index is 2.06. The molecule has 3 saturated carbocycles. The highest BCUT2D eigenvalue weighted by atomic mass is 16.6. The molecule has 0 radical (unpaired) electrons. The highest BCUT2D eigenvalue weighted by Gasteiger charge is 2.98. The van der Waals surface area contributed by atoms with Crippen LogP contribution in [0.2, 0.25) is 0 Å². The minimum Gasteiger partial charge on any atom is -0.468 e. The van der Waals surface area contributed by atoms with E-state index in [1.807, 2.05) is 0 Å². The average Bonchev–Trinajstić information content (AvgIpc) is 3.43. The molecule has 3 aliphatic rings. The van der Waals surface area contributed by atoms with Crippen LogP contribution in [0.5, 0.6) is 0 Å². The molecule has 0 heterocycles. The van der Waals surface area contributed by atoms with Crippen LogP contribution in [-0.4, -0.2) is 55.1 Å². The molecule has 0 aromatic rings. The van der Waals surface area contributed by atoms with Gasteiger partial charge in [0, 0.05) is 11.8 Å². The zero-order valence-electron chi connectivity index (χ0n) is 18.5. The number of rotatable bonds is 4. The minimum atomic E-state index is -1.89. The Morgan fingerprint density at radius 2 is 0.967 bits per heavy atom. The van der Waals surface area contributed by atoms with E-state index in [1.165, 1.54) is 0 Å². The smallest absolute Gasteiger partial charge is 0.325 e. The minimum absolute atomic E-state index is 0.516. The van der Waals surface area contributed by atoms with Gasteiger partial charge in [-0.25, -0.2) is 0 Å². The number of hydrogen-bond acceptors (Lipinski definition) is 9. The van der Waals surface area contributed by atoms with Crippen LogP contribution in [0, 0.1) is 34.5 Å². The van der Waals surface area contributed by atoms with Crippen LogP contribution in [0.15, 0.2) is 0 Å². The summed E-state index contributed by atoms with van der Waals surface area (Å²) in [6, 6.07) is 0. The lowest BCUT2D eigenvalue weighted by Gasteiger charge is -2.27. The molecule has 0 N–H and O–H groups in total. The molecule has 30 heavy (non-hydrogen) atoms. The van der Waals surface area contributed by atoms with Crippen LogP contribution in [0.3, 0.4) is 0 Å². The molecule has 0 amide bonds. The van der Waals surface area contributed by atoms with Gasteiger partial charge in [0.25, 0.3) is 0 Å². The van der Waals surface area contributed by atoms with Gasteiger partial charge in [-0.05, 0) is 41.5 Å². The van der Waals surface area contributed by atoms with Gasteiger partial charge in [0.2, 0.25) is 0 Å². The molecule has 0 aliphatic heterocycles. The van der Waals surface area contributed by atoms with Gasteiger partial charge in [0.15, 0.2) is 10.8 Å². The van der Waals surface area contributed by atoms with Crippen molar-refractivity contribution in [2.75, 3.05) is 14.2 Å². The van der Waals surface area contributed by atoms with Gasteiger partial charge >= 0.3 is 23.9 Å². The molecular formula is C21H28O9. The summed E-state index contributed by atoms with van der Waals surface area (Å²) in [5, 5.41) is 0. The van der Waals surface area contributed by atoms with E-state index >= 15 is 0 Å². The molecule has 0 bridgehead atoms. The number of fused-ring (bicyclic) bond motifs is 3. The second-order valence-electron chi connectivity index (χ2n) is 10.1. The summed E-state index contributed by atoms with van der Waals surface area (Å²) < 4.78 is 20.5. The summed E-state index contributed by atoms with van der Waals surface area (Å²) in [4.78, 5) is 64.6. The van der Waals surface area contributed by atoms with Crippen LogP contribution in [0.1, 0.15) is 41.5 Å². The first-order chi connectivity index (χ1) is 13.6. The Bertz CT molecular complexity index is 798. The number of ketones is 1. The van der Waals surface area contributed by atoms with Gasteiger partial charge in [-0.2, -0.15) is 0 Å². The predicted molar refractivity (Wildman–Crippen MR) is 99.6 cm³/mol. The molecule has 9 nitrogen and oxygen atoms in total. The van der Waals surface area contributed by atoms with Crippen molar-refractivity contribution in [1.82, 2.24) is 0 Å². The molecular weight excluding hydrogens is 396 g/mol. The Morgan fingerprint density at radius 1 is 0.667 bits per heavy atom. The summed E-state index contributed by atoms with van der Waals surface area (Å²) in [5.41, 5.74) is -5.57. The van der Waals surface area contributed by atoms with E-state index in [0.717, 1.165) is 14.2 Å². The van der Waals surface area contributed by atoms with E-state index in [1.54, 1.807) is 41.5 Å². The standard InChI is InChI=1S/C21H28O9/c1-18(2,3)29-16(25)21(17(26)30-19(4,5)6)10-9-11(13(22)12(10)21)20(9,14(23)27-7)15(24)28-8/h9-12H,1-8H3/t9-,10+,11+,12+/m1/s1.